The molecule has 0 bridgehead atoms. The van der Waals surface area contributed by atoms with Gasteiger partial charge in [-0.05, 0) is 31.9 Å². The summed E-state index contributed by atoms with van der Waals surface area (Å²) in [5.41, 5.74) is 0. The predicted molar refractivity (Wildman–Crippen MR) is 105 cm³/mol. The third kappa shape index (κ3) is 8.57. The first-order chi connectivity index (χ1) is 10.2. The summed E-state index contributed by atoms with van der Waals surface area (Å²) < 4.78 is 0. The van der Waals surface area contributed by atoms with Crippen LogP contribution in [0.15, 0.2) is 17.1 Å². The van der Waals surface area contributed by atoms with Gasteiger partial charge < -0.3 is 16.0 Å². The number of hydrogen-bond acceptors (Lipinski definition) is 3. The van der Waals surface area contributed by atoms with Gasteiger partial charge in [0.25, 0.3) is 0 Å². The van der Waals surface area contributed by atoms with E-state index in [9.17, 15) is 4.79 Å². The fourth-order valence-electron chi connectivity index (χ4n) is 1.69. The molecule has 0 spiro atoms. The molecule has 22 heavy (non-hydrogen) atoms. The van der Waals surface area contributed by atoms with Crippen LogP contribution in [0.25, 0.3) is 0 Å². The van der Waals surface area contributed by atoms with Crippen molar-refractivity contribution in [3.8, 4) is 0 Å². The molecule has 0 aromatic carbocycles. The summed E-state index contributed by atoms with van der Waals surface area (Å²) in [5, 5.41) is 9.22. The van der Waals surface area contributed by atoms with Gasteiger partial charge in [-0.1, -0.05) is 13.8 Å². The molecule has 7 heteroatoms. The molecule has 3 N–H and O–H groups in total. The molecule has 0 fully saturated rings. The highest BCUT2D eigenvalue weighted by Gasteiger charge is 2.03. The van der Waals surface area contributed by atoms with Crippen LogP contribution in [-0.4, -0.2) is 31.5 Å². The fraction of sp³-hybridized carbons (Fsp3) is 0.600. The van der Waals surface area contributed by atoms with E-state index in [0.29, 0.717) is 12.5 Å². The summed E-state index contributed by atoms with van der Waals surface area (Å²) in [7, 11) is 0. The quantitative estimate of drug-likeness (QED) is 0.332. The number of amides is 1. The first kappa shape index (κ1) is 21.2. The van der Waals surface area contributed by atoms with Crippen molar-refractivity contribution in [2.24, 2.45) is 4.99 Å². The second-order valence-electron chi connectivity index (χ2n) is 4.62. The van der Waals surface area contributed by atoms with E-state index in [1.54, 1.807) is 11.3 Å². The van der Waals surface area contributed by atoms with Crippen LogP contribution in [0.5, 0.6) is 0 Å². The van der Waals surface area contributed by atoms with Crippen molar-refractivity contribution in [3.05, 3.63) is 21.9 Å². The van der Waals surface area contributed by atoms with Crippen LogP contribution < -0.4 is 16.0 Å². The van der Waals surface area contributed by atoms with Crippen LogP contribution in [0.3, 0.4) is 0 Å². The van der Waals surface area contributed by atoms with Gasteiger partial charge in [0.1, 0.15) is 6.54 Å². The Hall–Kier alpha value is -0.830. The monoisotopic (exact) mass is 438 g/mol. The minimum atomic E-state index is -0.0431. The standard InChI is InChI=1S/C15H26N4OS.HI/c1-4-9-17-14(20)11-19-15(16-6-3)18-10-13-8-7-12(5-2)21-13;/h7-8H,4-6,9-11H2,1-3H3,(H,17,20)(H2,16,18,19);1H. The predicted octanol–water partition coefficient (Wildman–Crippen LogP) is 2.51. The third-order valence-corrected chi connectivity index (χ3v) is 4.02. The van der Waals surface area contributed by atoms with E-state index in [4.69, 9.17) is 0 Å². The number of thiophene rings is 1. The van der Waals surface area contributed by atoms with E-state index in [1.165, 1.54) is 9.75 Å². The number of halogens is 1. The fourth-order valence-corrected chi connectivity index (χ4v) is 2.59. The molecule has 0 aliphatic rings. The zero-order valence-electron chi connectivity index (χ0n) is 13.6. The Bertz CT molecular complexity index is 462. The van der Waals surface area contributed by atoms with E-state index < -0.39 is 0 Å². The van der Waals surface area contributed by atoms with Gasteiger partial charge in [0.15, 0.2) is 5.96 Å². The minimum absolute atomic E-state index is 0. The number of guanidine groups is 1. The second-order valence-corrected chi connectivity index (χ2v) is 5.87. The molecule has 0 atom stereocenters. The van der Waals surface area contributed by atoms with Crippen molar-refractivity contribution in [1.82, 2.24) is 16.0 Å². The second kappa shape index (κ2) is 12.7. The number of nitrogens with one attached hydrogen (secondary N) is 3. The van der Waals surface area contributed by atoms with Crippen molar-refractivity contribution in [2.45, 2.75) is 40.2 Å². The molecule has 1 aromatic heterocycles. The zero-order chi connectivity index (χ0) is 15.5. The number of nitrogens with zero attached hydrogens (tertiary/aromatic N) is 1. The number of carbonyl (C=O) groups excluding carboxylic acids is 1. The molecule has 0 saturated carbocycles. The molecular formula is C15H27IN4OS. The van der Waals surface area contributed by atoms with Crippen LogP contribution >= 0.6 is 35.3 Å². The molecule has 0 aliphatic heterocycles. The maximum atomic E-state index is 11.6. The highest BCUT2D eigenvalue weighted by Crippen LogP contribution is 2.16. The van der Waals surface area contributed by atoms with Gasteiger partial charge in [0.2, 0.25) is 5.91 Å². The molecule has 5 nitrogen and oxygen atoms in total. The SMILES string of the molecule is CCCNC(=O)CN=C(NCC)NCc1ccc(CC)s1.I. The molecule has 1 heterocycles. The topological polar surface area (TPSA) is 65.5 Å². The molecule has 0 saturated heterocycles. The first-order valence-corrected chi connectivity index (χ1v) is 8.37. The van der Waals surface area contributed by atoms with E-state index >= 15 is 0 Å². The van der Waals surface area contributed by atoms with Crippen molar-refractivity contribution < 1.29 is 4.79 Å². The van der Waals surface area contributed by atoms with Crippen LogP contribution in [-0.2, 0) is 17.8 Å². The molecule has 0 aliphatic carbocycles. The zero-order valence-corrected chi connectivity index (χ0v) is 16.7. The third-order valence-electron chi connectivity index (χ3n) is 2.79. The van der Waals surface area contributed by atoms with E-state index in [1.807, 2.05) is 13.8 Å². The lowest BCUT2D eigenvalue weighted by atomic mass is 10.4. The lowest BCUT2D eigenvalue weighted by Gasteiger charge is -2.10. The van der Waals surface area contributed by atoms with E-state index in [0.717, 1.165) is 25.9 Å². The van der Waals surface area contributed by atoms with Crippen LogP contribution in [0.2, 0.25) is 0 Å². The summed E-state index contributed by atoms with van der Waals surface area (Å²) in [5.74, 6) is 0.633. The number of aliphatic imine (C=N–C) groups is 1. The Morgan fingerprint density at radius 1 is 1.14 bits per heavy atom. The maximum absolute atomic E-state index is 11.6. The first-order valence-electron chi connectivity index (χ1n) is 7.56. The largest absolute Gasteiger partial charge is 0.357 e. The Kier molecular flexibility index (Phi) is 12.2. The van der Waals surface area contributed by atoms with Crippen LogP contribution in [0, 0.1) is 0 Å². The minimum Gasteiger partial charge on any atom is -0.357 e. The lowest BCUT2D eigenvalue weighted by Crippen LogP contribution is -2.38. The van der Waals surface area contributed by atoms with E-state index in [-0.39, 0.29) is 36.4 Å². The van der Waals surface area contributed by atoms with Crippen molar-refractivity contribution in [1.29, 1.82) is 0 Å². The summed E-state index contributed by atoms with van der Waals surface area (Å²) in [6.45, 7) is 8.55. The average molecular weight is 438 g/mol. The van der Waals surface area contributed by atoms with Crippen LogP contribution in [0.4, 0.5) is 0 Å². The molecule has 0 radical (unpaired) electrons. The summed E-state index contributed by atoms with van der Waals surface area (Å²) in [4.78, 5) is 18.5. The van der Waals surface area contributed by atoms with Crippen LogP contribution in [0.1, 0.15) is 36.9 Å². The van der Waals surface area contributed by atoms with Crippen molar-refractivity contribution >= 4 is 47.2 Å². The van der Waals surface area contributed by atoms with Crippen molar-refractivity contribution in [2.75, 3.05) is 19.6 Å². The van der Waals surface area contributed by atoms with Gasteiger partial charge in [0, 0.05) is 22.8 Å². The number of carbonyl (C=O) groups is 1. The summed E-state index contributed by atoms with van der Waals surface area (Å²) in [6.07, 6.45) is 2.00. The van der Waals surface area contributed by atoms with E-state index in [2.05, 4.69) is 40.0 Å². The molecule has 0 unspecified atom stereocenters. The van der Waals surface area contributed by atoms with Gasteiger partial charge >= 0.3 is 0 Å². The average Bonchev–Trinajstić information content (AvgIpc) is 2.96. The van der Waals surface area contributed by atoms with Gasteiger partial charge in [-0.25, -0.2) is 4.99 Å². The molecular weight excluding hydrogens is 411 g/mol. The Morgan fingerprint density at radius 3 is 2.45 bits per heavy atom. The lowest BCUT2D eigenvalue weighted by molar-refractivity contribution is -0.119. The van der Waals surface area contributed by atoms with Gasteiger partial charge in [0.05, 0.1) is 6.54 Å². The number of rotatable bonds is 8. The Morgan fingerprint density at radius 2 is 1.86 bits per heavy atom. The Labute approximate surface area is 154 Å². The highest BCUT2D eigenvalue weighted by atomic mass is 127. The maximum Gasteiger partial charge on any atom is 0.241 e. The summed E-state index contributed by atoms with van der Waals surface area (Å²) in [6, 6.07) is 4.29. The smallest absolute Gasteiger partial charge is 0.241 e. The number of hydrogen-bond donors (Lipinski definition) is 3. The Balaban J connectivity index is 0.00000441. The van der Waals surface area contributed by atoms with Gasteiger partial charge in [-0.3, -0.25) is 4.79 Å². The summed E-state index contributed by atoms with van der Waals surface area (Å²) >= 11 is 1.80. The number of aryl methyl sites for hydroxylation is 1. The van der Waals surface area contributed by atoms with Gasteiger partial charge in [-0.2, -0.15) is 0 Å². The highest BCUT2D eigenvalue weighted by molar-refractivity contribution is 14.0. The van der Waals surface area contributed by atoms with Gasteiger partial charge in [-0.15, -0.1) is 35.3 Å². The normalized spacial score (nSPS) is 10.8. The molecule has 126 valence electrons. The molecule has 1 aromatic rings. The molecule has 1 rings (SSSR count). The molecule has 1 amide bonds. The van der Waals surface area contributed by atoms with Crippen molar-refractivity contribution in [3.63, 3.8) is 0 Å².